The first kappa shape index (κ1) is 23.6. The molecule has 3 rings (SSSR count). The molecule has 7 heteroatoms. The highest BCUT2D eigenvalue weighted by molar-refractivity contribution is 7.81. The van der Waals surface area contributed by atoms with Crippen LogP contribution in [0, 0.1) is 0 Å². The topological polar surface area (TPSA) is 74.9 Å². The number of aromatic nitrogens is 1. The van der Waals surface area contributed by atoms with Crippen molar-refractivity contribution in [2.75, 3.05) is 11.4 Å². The van der Waals surface area contributed by atoms with E-state index in [1.54, 1.807) is 11.0 Å². The summed E-state index contributed by atoms with van der Waals surface area (Å²) in [4.78, 5) is 14.7. The van der Waals surface area contributed by atoms with Crippen molar-refractivity contribution >= 4 is 39.8 Å². The van der Waals surface area contributed by atoms with Crippen LogP contribution < -0.4 is 4.90 Å². The van der Waals surface area contributed by atoms with Crippen LogP contribution in [0.25, 0.3) is 10.9 Å². The number of hydrogen-bond acceptors (Lipinski definition) is 5. The van der Waals surface area contributed by atoms with Gasteiger partial charge in [-0.2, -0.15) is 0 Å². The summed E-state index contributed by atoms with van der Waals surface area (Å²) in [5.41, 5.74) is 2.15. The van der Waals surface area contributed by atoms with Crippen LogP contribution in [0.15, 0.2) is 42.6 Å². The minimum absolute atomic E-state index is 0.00782. The van der Waals surface area contributed by atoms with Crippen LogP contribution in [0.1, 0.15) is 51.7 Å². The van der Waals surface area contributed by atoms with Crippen molar-refractivity contribution in [1.82, 2.24) is 4.57 Å². The van der Waals surface area contributed by atoms with Crippen molar-refractivity contribution in [1.29, 1.82) is 0 Å². The second-order valence-electron chi connectivity index (χ2n) is 9.23. The van der Waals surface area contributed by atoms with Crippen molar-refractivity contribution in [3.8, 4) is 11.5 Å². The molecule has 6 nitrogen and oxygen atoms in total. The number of hydrogen-bond donors (Lipinski definition) is 2. The quantitative estimate of drug-likeness (QED) is 0.406. The standard InChI is InChI=1S/C25H30N2O4S/c1-15(2)18-12-19(22(29)13-21(18)28)24(32)27(14-23(30)31-25(3,4)5)17-7-8-20-16(11-17)9-10-26(20)6/h7-13,15,28-29H,14H2,1-6H3. The number of ether oxygens (including phenoxy) is 1. The van der Waals surface area contributed by atoms with Gasteiger partial charge in [-0.15, -0.1) is 0 Å². The Morgan fingerprint density at radius 2 is 1.81 bits per heavy atom. The minimum atomic E-state index is -0.640. The van der Waals surface area contributed by atoms with Gasteiger partial charge in [0.1, 0.15) is 28.6 Å². The van der Waals surface area contributed by atoms with Crippen molar-refractivity contribution in [2.45, 2.75) is 46.1 Å². The van der Waals surface area contributed by atoms with Crippen LogP contribution in [0.3, 0.4) is 0 Å². The zero-order valence-corrected chi connectivity index (χ0v) is 20.2. The van der Waals surface area contributed by atoms with E-state index in [9.17, 15) is 15.0 Å². The number of aryl methyl sites for hydroxylation is 1. The molecule has 0 unspecified atom stereocenters. The molecule has 0 saturated heterocycles. The number of benzene rings is 2. The average molecular weight is 455 g/mol. The van der Waals surface area contributed by atoms with Crippen molar-refractivity contribution in [2.24, 2.45) is 7.05 Å². The van der Waals surface area contributed by atoms with E-state index < -0.39 is 11.6 Å². The Kier molecular flexibility index (Phi) is 6.51. The largest absolute Gasteiger partial charge is 0.508 e. The number of aromatic hydroxyl groups is 2. The van der Waals surface area contributed by atoms with Crippen LogP contribution in [-0.2, 0) is 16.6 Å². The summed E-state index contributed by atoms with van der Waals surface area (Å²) in [6.45, 7) is 9.20. The highest BCUT2D eigenvalue weighted by Gasteiger charge is 2.25. The third kappa shape index (κ3) is 5.05. The van der Waals surface area contributed by atoms with E-state index in [4.69, 9.17) is 17.0 Å². The lowest BCUT2D eigenvalue weighted by Crippen LogP contribution is -2.38. The normalized spacial score (nSPS) is 11.7. The summed E-state index contributed by atoms with van der Waals surface area (Å²) in [6, 6.07) is 10.8. The molecule has 2 N–H and O–H groups in total. The second-order valence-corrected chi connectivity index (χ2v) is 9.62. The molecule has 0 saturated carbocycles. The molecule has 0 spiro atoms. The van der Waals surface area contributed by atoms with E-state index in [2.05, 4.69) is 0 Å². The van der Waals surface area contributed by atoms with Gasteiger partial charge in [-0.1, -0.05) is 26.1 Å². The molecule has 0 radical (unpaired) electrons. The number of esters is 1. The van der Waals surface area contributed by atoms with E-state index in [-0.39, 0.29) is 29.0 Å². The number of rotatable bonds is 5. The van der Waals surface area contributed by atoms with Gasteiger partial charge in [0.05, 0.1) is 5.56 Å². The number of thiocarbonyl (C=S) groups is 1. The third-order valence-corrected chi connectivity index (χ3v) is 5.57. The molecular weight excluding hydrogens is 424 g/mol. The van der Waals surface area contributed by atoms with Crippen LogP contribution in [0.5, 0.6) is 11.5 Å². The molecule has 170 valence electrons. The Balaban J connectivity index is 2.08. The Morgan fingerprint density at radius 1 is 1.12 bits per heavy atom. The highest BCUT2D eigenvalue weighted by Crippen LogP contribution is 2.34. The predicted octanol–water partition coefficient (Wildman–Crippen LogP) is 5.24. The smallest absolute Gasteiger partial charge is 0.326 e. The number of anilines is 1. The number of fused-ring (bicyclic) bond motifs is 1. The number of carbonyl (C=O) groups is 1. The summed E-state index contributed by atoms with van der Waals surface area (Å²) in [6.07, 6.45) is 1.96. The molecule has 2 aromatic carbocycles. The average Bonchev–Trinajstić information content (AvgIpc) is 3.04. The van der Waals surface area contributed by atoms with Crippen LogP contribution in [0.4, 0.5) is 5.69 Å². The minimum Gasteiger partial charge on any atom is -0.508 e. The van der Waals surface area contributed by atoms with Gasteiger partial charge in [0, 0.05) is 35.9 Å². The number of carbonyl (C=O) groups excluding carboxylic acids is 1. The lowest BCUT2D eigenvalue weighted by Gasteiger charge is -2.28. The Labute approximate surface area is 194 Å². The fraction of sp³-hybridized carbons (Fsp3) is 0.360. The van der Waals surface area contributed by atoms with E-state index in [0.29, 0.717) is 16.8 Å². The summed E-state index contributed by atoms with van der Waals surface area (Å²) in [7, 11) is 1.97. The number of phenolic OH excluding ortho intramolecular Hbond substituents is 2. The van der Waals surface area contributed by atoms with E-state index in [0.717, 1.165) is 10.9 Å². The fourth-order valence-corrected chi connectivity index (χ4v) is 3.93. The van der Waals surface area contributed by atoms with Gasteiger partial charge in [0.15, 0.2) is 0 Å². The molecule has 0 bridgehead atoms. The number of phenols is 2. The maximum Gasteiger partial charge on any atom is 0.326 e. The predicted molar refractivity (Wildman–Crippen MR) is 132 cm³/mol. The first-order chi connectivity index (χ1) is 14.9. The van der Waals surface area contributed by atoms with Gasteiger partial charge in [-0.3, -0.25) is 4.79 Å². The summed E-state index contributed by atoms with van der Waals surface area (Å²) in [5, 5.41) is 21.8. The molecule has 1 aromatic heterocycles. The zero-order chi connectivity index (χ0) is 23.8. The molecule has 0 atom stereocenters. The molecule has 0 aliphatic heterocycles. The maximum atomic E-state index is 12.7. The lowest BCUT2D eigenvalue weighted by molar-refractivity contribution is -0.152. The van der Waals surface area contributed by atoms with Gasteiger partial charge in [0.2, 0.25) is 0 Å². The first-order valence-electron chi connectivity index (χ1n) is 10.5. The van der Waals surface area contributed by atoms with E-state index in [1.807, 2.05) is 76.7 Å². The lowest BCUT2D eigenvalue weighted by atomic mass is 9.98. The molecule has 0 aliphatic carbocycles. The van der Waals surface area contributed by atoms with Gasteiger partial charge in [-0.25, -0.2) is 0 Å². The van der Waals surface area contributed by atoms with Crippen LogP contribution in [0.2, 0.25) is 0 Å². The van der Waals surface area contributed by atoms with E-state index >= 15 is 0 Å². The fourth-order valence-electron chi connectivity index (χ4n) is 3.59. The van der Waals surface area contributed by atoms with Gasteiger partial charge >= 0.3 is 5.97 Å². The van der Waals surface area contributed by atoms with Crippen molar-refractivity contribution < 1.29 is 19.7 Å². The molecule has 3 aromatic rings. The van der Waals surface area contributed by atoms with Gasteiger partial charge in [-0.05, 0) is 62.6 Å². The molecular formula is C25H30N2O4S. The number of nitrogens with zero attached hydrogens (tertiary/aromatic N) is 2. The van der Waals surface area contributed by atoms with Crippen LogP contribution >= 0.6 is 12.2 Å². The molecule has 32 heavy (non-hydrogen) atoms. The Bertz CT molecular complexity index is 1170. The zero-order valence-electron chi connectivity index (χ0n) is 19.3. The summed E-state index contributed by atoms with van der Waals surface area (Å²) < 4.78 is 7.54. The second kappa shape index (κ2) is 8.82. The van der Waals surface area contributed by atoms with Crippen molar-refractivity contribution in [3.05, 3.63) is 53.7 Å². The van der Waals surface area contributed by atoms with Crippen molar-refractivity contribution in [3.63, 3.8) is 0 Å². The summed E-state index contributed by atoms with van der Waals surface area (Å²) >= 11 is 5.76. The SMILES string of the molecule is CC(C)c1cc(C(=S)N(CC(=O)OC(C)(C)C)c2ccc3c(ccn3C)c2)c(O)cc1O. The van der Waals surface area contributed by atoms with Gasteiger partial charge in [0.25, 0.3) is 0 Å². The molecule has 0 amide bonds. The maximum absolute atomic E-state index is 12.7. The highest BCUT2D eigenvalue weighted by atomic mass is 32.1. The first-order valence-corrected chi connectivity index (χ1v) is 10.9. The van der Waals surface area contributed by atoms with Crippen LogP contribution in [-0.4, -0.2) is 37.9 Å². The molecule has 0 fully saturated rings. The third-order valence-electron chi connectivity index (χ3n) is 5.13. The Hall–Kier alpha value is -3.06. The molecule has 1 heterocycles. The Morgan fingerprint density at radius 3 is 2.44 bits per heavy atom. The van der Waals surface area contributed by atoms with Gasteiger partial charge < -0.3 is 24.4 Å². The monoisotopic (exact) mass is 454 g/mol. The summed E-state index contributed by atoms with van der Waals surface area (Å²) in [5.74, 6) is -0.548. The molecule has 0 aliphatic rings. The van der Waals surface area contributed by atoms with E-state index in [1.165, 1.54) is 6.07 Å².